The highest BCUT2D eigenvalue weighted by Crippen LogP contribution is 2.28. The van der Waals surface area contributed by atoms with Gasteiger partial charge in [-0.05, 0) is 31.0 Å². The number of halogens is 2. The molecular formula is C14H16Cl2O3S. The third-order valence-corrected chi connectivity index (χ3v) is 6.02. The molecule has 1 aliphatic rings. The summed E-state index contributed by atoms with van der Waals surface area (Å²) in [5.41, 5.74) is 0. The van der Waals surface area contributed by atoms with E-state index in [1.54, 1.807) is 0 Å². The highest BCUT2D eigenvalue weighted by atomic mass is 35.5. The van der Waals surface area contributed by atoms with Crippen LogP contribution < -0.4 is 0 Å². The minimum atomic E-state index is -3.64. The number of sulfone groups is 1. The number of hydrogen-bond acceptors (Lipinski definition) is 3. The summed E-state index contributed by atoms with van der Waals surface area (Å²) in [4.78, 5) is 12.2. The van der Waals surface area contributed by atoms with Gasteiger partial charge in [0.05, 0.1) is 14.9 Å². The van der Waals surface area contributed by atoms with Crippen molar-refractivity contribution in [2.45, 2.75) is 37.0 Å². The summed E-state index contributed by atoms with van der Waals surface area (Å²) in [5.74, 6) is -0.743. The quantitative estimate of drug-likeness (QED) is 0.838. The highest BCUT2D eigenvalue weighted by Gasteiger charge is 2.27. The minimum absolute atomic E-state index is 0.0519. The van der Waals surface area contributed by atoms with Crippen molar-refractivity contribution < 1.29 is 13.2 Å². The van der Waals surface area contributed by atoms with Crippen molar-refractivity contribution in [2.24, 2.45) is 5.92 Å². The summed E-state index contributed by atoms with van der Waals surface area (Å²) in [7, 11) is -3.64. The third kappa shape index (κ3) is 3.74. The molecule has 0 aliphatic heterocycles. The van der Waals surface area contributed by atoms with Crippen LogP contribution in [0.25, 0.3) is 0 Å². The van der Waals surface area contributed by atoms with Crippen LogP contribution >= 0.6 is 23.2 Å². The topological polar surface area (TPSA) is 51.2 Å². The van der Waals surface area contributed by atoms with Crippen molar-refractivity contribution >= 4 is 38.8 Å². The maximum Gasteiger partial charge on any atom is 0.185 e. The van der Waals surface area contributed by atoms with Crippen LogP contribution in [-0.2, 0) is 14.6 Å². The second-order valence-electron chi connectivity index (χ2n) is 5.14. The monoisotopic (exact) mass is 334 g/mol. The molecule has 0 saturated heterocycles. The lowest BCUT2D eigenvalue weighted by molar-refractivity contribution is -0.121. The fraction of sp³-hybridized carbons (Fsp3) is 0.500. The SMILES string of the molecule is O=C(CS(=O)(=O)c1ccc(Cl)c(Cl)c1)C1CCCCC1. The summed E-state index contributed by atoms with van der Waals surface area (Å²) in [6, 6.07) is 4.12. The fourth-order valence-corrected chi connectivity index (χ4v) is 4.20. The van der Waals surface area contributed by atoms with E-state index in [-0.39, 0.29) is 21.6 Å². The number of hydrogen-bond donors (Lipinski definition) is 0. The first-order chi connectivity index (χ1) is 9.40. The van der Waals surface area contributed by atoms with Gasteiger partial charge in [-0.15, -0.1) is 0 Å². The van der Waals surface area contributed by atoms with E-state index in [1.165, 1.54) is 18.2 Å². The average molecular weight is 335 g/mol. The van der Waals surface area contributed by atoms with Gasteiger partial charge < -0.3 is 0 Å². The Labute approximate surface area is 129 Å². The van der Waals surface area contributed by atoms with E-state index in [2.05, 4.69) is 0 Å². The molecule has 0 atom stereocenters. The van der Waals surface area contributed by atoms with E-state index in [0.29, 0.717) is 5.02 Å². The summed E-state index contributed by atoms with van der Waals surface area (Å²) in [6.45, 7) is 0. The Kier molecular flexibility index (Phi) is 5.10. The van der Waals surface area contributed by atoms with Gasteiger partial charge in [-0.1, -0.05) is 42.5 Å². The molecule has 3 nitrogen and oxygen atoms in total. The number of carbonyl (C=O) groups is 1. The van der Waals surface area contributed by atoms with Crippen LogP contribution in [0.2, 0.25) is 10.0 Å². The Morgan fingerprint density at radius 3 is 2.35 bits per heavy atom. The molecular weight excluding hydrogens is 319 g/mol. The largest absolute Gasteiger partial charge is 0.298 e. The summed E-state index contributed by atoms with van der Waals surface area (Å²) in [6.07, 6.45) is 4.74. The van der Waals surface area contributed by atoms with Crippen LogP contribution in [0.5, 0.6) is 0 Å². The molecule has 1 aromatic rings. The van der Waals surface area contributed by atoms with Crippen LogP contribution in [0.1, 0.15) is 32.1 Å². The molecule has 0 N–H and O–H groups in total. The van der Waals surface area contributed by atoms with E-state index in [4.69, 9.17) is 23.2 Å². The molecule has 2 rings (SSSR count). The lowest BCUT2D eigenvalue weighted by atomic mass is 9.87. The second-order valence-corrected chi connectivity index (χ2v) is 7.94. The van der Waals surface area contributed by atoms with Gasteiger partial charge in [-0.25, -0.2) is 8.42 Å². The minimum Gasteiger partial charge on any atom is -0.298 e. The van der Waals surface area contributed by atoms with Crippen molar-refractivity contribution in [3.8, 4) is 0 Å². The third-order valence-electron chi connectivity index (χ3n) is 3.64. The van der Waals surface area contributed by atoms with Gasteiger partial charge in [0.25, 0.3) is 0 Å². The summed E-state index contributed by atoms with van der Waals surface area (Å²) >= 11 is 11.6. The summed E-state index contributed by atoms with van der Waals surface area (Å²) < 4.78 is 24.5. The Morgan fingerprint density at radius 2 is 1.75 bits per heavy atom. The van der Waals surface area contributed by atoms with E-state index < -0.39 is 15.6 Å². The molecule has 0 bridgehead atoms. The zero-order valence-corrected chi connectivity index (χ0v) is 13.3. The molecule has 1 aromatic carbocycles. The Bertz CT molecular complexity index is 605. The Morgan fingerprint density at radius 1 is 1.10 bits per heavy atom. The van der Waals surface area contributed by atoms with Crippen LogP contribution in [-0.4, -0.2) is 20.0 Å². The lowest BCUT2D eigenvalue weighted by Gasteiger charge is -2.20. The van der Waals surface area contributed by atoms with Gasteiger partial charge in [-0.2, -0.15) is 0 Å². The van der Waals surface area contributed by atoms with Gasteiger partial charge in [0, 0.05) is 5.92 Å². The first-order valence-corrected chi connectivity index (χ1v) is 9.01. The van der Waals surface area contributed by atoms with Gasteiger partial charge in [0.15, 0.2) is 15.6 Å². The van der Waals surface area contributed by atoms with Gasteiger partial charge >= 0.3 is 0 Å². The Hall–Kier alpha value is -0.580. The first-order valence-electron chi connectivity index (χ1n) is 6.60. The van der Waals surface area contributed by atoms with Crippen molar-refractivity contribution in [2.75, 3.05) is 5.75 Å². The van der Waals surface area contributed by atoms with Crippen LogP contribution in [0.4, 0.5) is 0 Å². The smallest absolute Gasteiger partial charge is 0.185 e. The normalized spacial score (nSPS) is 17.1. The van der Waals surface area contributed by atoms with Gasteiger partial charge in [0.1, 0.15) is 5.75 Å². The summed E-state index contributed by atoms with van der Waals surface area (Å²) in [5, 5.41) is 0.474. The second kappa shape index (κ2) is 6.46. The predicted octanol–water partition coefficient (Wildman–Crippen LogP) is 3.92. The molecule has 1 saturated carbocycles. The maximum absolute atomic E-state index is 12.2. The Balaban J connectivity index is 2.13. The zero-order chi connectivity index (χ0) is 14.8. The van der Waals surface area contributed by atoms with E-state index in [1.807, 2.05) is 0 Å². The predicted molar refractivity (Wildman–Crippen MR) is 80.1 cm³/mol. The van der Waals surface area contributed by atoms with Crippen molar-refractivity contribution in [3.05, 3.63) is 28.2 Å². The standard InChI is InChI=1S/C14H16Cl2O3S/c15-12-7-6-11(8-13(12)16)20(18,19)9-14(17)10-4-2-1-3-5-10/h6-8,10H,1-5,9H2. The lowest BCUT2D eigenvalue weighted by Crippen LogP contribution is -2.25. The van der Waals surface area contributed by atoms with Crippen LogP contribution in [0.3, 0.4) is 0 Å². The molecule has 0 unspecified atom stereocenters. The van der Waals surface area contributed by atoms with Crippen molar-refractivity contribution in [3.63, 3.8) is 0 Å². The zero-order valence-electron chi connectivity index (χ0n) is 10.9. The number of ketones is 1. The highest BCUT2D eigenvalue weighted by molar-refractivity contribution is 7.92. The average Bonchev–Trinajstić information content (AvgIpc) is 2.42. The van der Waals surface area contributed by atoms with E-state index in [0.717, 1.165) is 32.1 Å². The number of rotatable bonds is 4. The van der Waals surface area contributed by atoms with E-state index in [9.17, 15) is 13.2 Å². The molecule has 0 radical (unpaired) electrons. The molecule has 110 valence electrons. The molecule has 0 heterocycles. The molecule has 0 amide bonds. The van der Waals surface area contributed by atoms with Gasteiger partial charge in [-0.3, -0.25) is 4.79 Å². The van der Waals surface area contributed by atoms with Crippen molar-refractivity contribution in [1.29, 1.82) is 0 Å². The van der Waals surface area contributed by atoms with E-state index >= 15 is 0 Å². The first kappa shape index (κ1) is 15.8. The molecule has 6 heteroatoms. The van der Waals surface area contributed by atoms with Crippen LogP contribution in [0.15, 0.2) is 23.1 Å². The molecule has 1 fully saturated rings. The van der Waals surface area contributed by atoms with Crippen LogP contribution in [0, 0.1) is 5.92 Å². The number of carbonyl (C=O) groups excluding carboxylic acids is 1. The fourth-order valence-electron chi connectivity index (χ4n) is 2.48. The van der Waals surface area contributed by atoms with Crippen molar-refractivity contribution in [1.82, 2.24) is 0 Å². The number of benzene rings is 1. The maximum atomic E-state index is 12.2. The molecule has 1 aliphatic carbocycles. The van der Waals surface area contributed by atoms with Gasteiger partial charge in [0.2, 0.25) is 0 Å². The molecule has 0 spiro atoms. The number of Topliss-reactive ketones (excluding diaryl/α,β-unsaturated/α-hetero) is 1. The molecule has 0 aromatic heterocycles. The molecule has 20 heavy (non-hydrogen) atoms.